The van der Waals surface area contributed by atoms with Crippen LogP contribution in [-0.2, 0) is 17.9 Å². The first-order valence-electron chi connectivity index (χ1n) is 9.42. The van der Waals surface area contributed by atoms with Crippen LogP contribution in [0.25, 0.3) is 0 Å². The average Bonchev–Trinajstić information content (AvgIpc) is 3.09. The summed E-state index contributed by atoms with van der Waals surface area (Å²) in [6.07, 6.45) is 0. The highest BCUT2D eigenvalue weighted by Gasteiger charge is 2.18. The molecule has 156 valence electrons. The molecule has 8 nitrogen and oxygen atoms in total. The summed E-state index contributed by atoms with van der Waals surface area (Å²) in [4.78, 5) is 24.8. The Morgan fingerprint density at radius 3 is 2.57 bits per heavy atom. The molecule has 0 aliphatic carbocycles. The van der Waals surface area contributed by atoms with E-state index in [4.69, 9.17) is 16.3 Å². The van der Waals surface area contributed by atoms with E-state index < -0.39 is 5.91 Å². The lowest BCUT2D eigenvalue weighted by Gasteiger charge is -2.08. The van der Waals surface area contributed by atoms with E-state index in [-0.39, 0.29) is 18.1 Å². The topological polar surface area (TPSA) is 98.1 Å². The number of rotatable bonds is 8. The van der Waals surface area contributed by atoms with Gasteiger partial charge in [-0.1, -0.05) is 35.0 Å². The first-order valence-corrected chi connectivity index (χ1v) is 9.80. The molecule has 9 heteroatoms. The lowest BCUT2D eigenvalue weighted by Crippen LogP contribution is -2.28. The van der Waals surface area contributed by atoms with Crippen molar-refractivity contribution in [3.05, 3.63) is 70.5 Å². The van der Waals surface area contributed by atoms with Crippen LogP contribution < -0.4 is 15.4 Å². The number of anilines is 1. The van der Waals surface area contributed by atoms with Crippen LogP contribution in [0.5, 0.6) is 5.75 Å². The quantitative estimate of drug-likeness (QED) is 0.575. The molecule has 0 saturated heterocycles. The zero-order chi connectivity index (χ0) is 21.5. The Bertz CT molecular complexity index is 1030. The van der Waals surface area contributed by atoms with E-state index in [1.54, 1.807) is 37.3 Å². The number of halogens is 1. The summed E-state index contributed by atoms with van der Waals surface area (Å²) in [6.45, 7) is 4.41. The molecule has 0 fully saturated rings. The van der Waals surface area contributed by atoms with Crippen molar-refractivity contribution >= 4 is 29.1 Å². The normalized spacial score (nSPS) is 10.5. The molecule has 0 spiro atoms. The van der Waals surface area contributed by atoms with E-state index in [9.17, 15) is 9.59 Å². The van der Waals surface area contributed by atoms with Crippen LogP contribution in [0.3, 0.4) is 0 Å². The molecule has 3 aromatic rings. The molecular weight excluding hydrogens is 406 g/mol. The van der Waals surface area contributed by atoms with Crippen LogP contribution in [0.4, 0.5) is 5.69 Å². The van der Waals surface area contributed by atoms with Gasteiger partial charge in [-0.05, 0) is 49.7 Å². The predicted molar refractivity (Wildman–Crippen MR) is 114 cm³/mol. The molecule has 0 aliphatic heterocycles. The van der Waals surface area contributed by atoms with Crippen LogP contribution in [0.1, 0.15) is 28.7 Å². The highest BCUT2D eigenvalue weighted by atomic mass is 35.5. The smallest absolute Gasteiger partial charge is 0.278 e. The number of nitrogens with zero attached hydrogens (tertiary/aromatic N) is 3. The fraction of sp³-hybridized carbons (Fsp3) is 0.238. The second-order valence-electron chi connectivity index (χ2n) is 6.46. The van der Waals surface area contributed by atoms with E-state index in [2.05, 4.69) is 20.9 Å². The van der Waals surface area contributed by atoms with Gasteiger partial charge in [0.2, 0.25) is 5.91 Å². The van der Waals surface area contributed by atoms with E-state index in [1.807, 2.05) is 25.1 Å². The zero-order valence-corrected chi connectivity index (χ0v) is 17.4. The highest BCUT2D eigenvalue weighted by molar-refractivity contribution is 6.31. The molecule has 0 bridgehead atoms. The van der Waals surface area contributed by atoms with E-state index in [0.29, 0.717) is 29.6 Å². The maximum Gasteiger partial charge on any atom is 0.278 e. The molecule has 2 N–H and O–H groups in total. The number of nitrogens with one attached hydrogen (secondary N) is 2. The third-order valence-electron chi connectivity index (χ3n) is 4.35. The number of hydrogen-bond acceptors (Lipinski definition) is 5. The van der Waals surface area contributed by atoms with E-state index >= 15 is 0 Å². The van der Waals surface area contributed by atoms with Crippen LogP contribution in [0.15, 0.2) is 48.5 Å². The van der Waals surface area contributed by atoms with Crippen molar-refractivity contribution in [1.82, 2.24) is 20.3 Å². The van der Waals surface area contributed by atoms with Crippen molar-refractivity contribution in [1.29, 1.82) is 0 Å². The number of aromatic nitrogens is 3. The van der Waals surface area contributed by atoms with Gasteiger partial charge in [0, 0.05) is 17.3 Å². The molecule has 30 heavy (non-hydrogen) atoms. The number of ether oxygens (including phenoxy) is 1. The molecule has 2 amide bonds. The minimum atomic E-state index is -0.403. The number of benzene rings is 2. The van der Waals surface area contributed by atoms with Crippen molar-refractivity contribution in [2.24, 2.45) is 0 Å². The largest absolute Gasteiger partial charge is 0.494 e. The minimum absolute atomic E-state index is 0.0559. The molecule has 1 aromatic heterocycles. The van der Waals surface area contributed by atoms with Gasteiger partial charge in [0.25, 0.3) is 5.91 Å². The van der Waals surface area contributed by atoms with Crippen molar-refractivity contribution < 1.29 is 14.3 Å². The lowest BCUT2D eigenvalue weighted by atomic mass is 10.2. The lowest BCUT2D eigenvalue weighted by molar-refractivity contribution is -0.122. The summed E-state index contributed by atoms with van der Waals surface area (Å²) in [5.41, 5.74) is 2.07. The predicted octanol–water partition coefficient (Wildman–Crippen LogP) is 3.21. The van der Waals surface area contributed by atoms with Gasteiger partial charge in [-0.25, -0.2) is 4.68 Å². The highest BCUT2D eigenvalue weighted by Crippen LogP contribution is 2.17. The Morgan fingerprint density at radius 2 is 1.87 bits per heavy atom. The van der Waals surface area contributed by atoms with Crippen LogP contribution in [0.2, 0.25) is 5.02 Å². The Hall–Kier alpha value is -3.39. The molecule has 0 radical (unpaired) electrons. The Kier molecular flexibility index (Phi) is 7.03. The standard InChI is InChI=1S/C21H22ClN5O3/c1-3-30-17-10-8-16(9-11-17)24-21(29)20-14(2)27(26-25-20)13-19(28)23-12-15-6-4-5-7-18(15)22/h4-11H,3,12-13H2,1-2H3,(H,23,28)(H,24,29). The van der Waals surface area contributed by atoms with Gasteiger partial charge in [-0.2, -0.15) is 0 Å². The Morgan fingerprint density at radius 1 is 1.13 bits per heavy atom. The van der Waals surface area contributed by atoms with Gasteiger partial charge in [0.15, 0.2) is 5.69 Å². The summed E-state index contributed by atoms with van der Waals surface area (Å²) in [5.74, 6) is 0.0567. The fourth-order valence-electron chi connectivity index (χ4n) is 2.74. The van der Waals surface area contributed by atoms with Crippen LogP contribution in [-0.4, -0.2) is 33.4 Å². The molecule has 0 atom stereocenters. The molecule has 0 aliphatic rings. The van der Waals surface area contributed by atoms with Crippen LogP contribution >= 0.6 is 11.6 Å². The minimum Gasteiger partial charge on any atom is -0.494 e. The van der Waals surface area contributed by atoms with Crippen LogP contribution in [0, 0.1) is 6.92 Å². The third-order valence-corrected chi connectivity index (χ3v) is 4.72. The maximum atomic E-state index is 12.5. The van der Waals surface area contributed by atoms with Gasteiger partial charge in [-0.3, -0.25) is 9.59 Å². The zero-order valence-electron chi connectivity index (χ0n) is 16.7. The van der Waals surface area contributed by atoms with E-state index in [0.717, 1.165) is 11.3 Å². The average molecular weight is 428 g/mol. The third kappa shape index (κ3) is 5.36. The number of amides is 2. The Labute approximate surface area is 179 Å². The van der Waals surface area contributed by atoms with Gasteiger partial charge in [-0.15, -0.1) is 5.10 Å². The summed E-state index contributed by atoms with van der Waals surface area (Å²) in [5, 5.41) is 14.0. The van der Waals surface area contributed by atoms with Crippen molar-refractivity contribution in [2.75, 3.05) is 11.9 Å². The van der Waals surface area contributed by atoms with Crippen molar-refractivity contribution in [3.63, 3.8) is 0 Å². The van der Waals surface area contributed by atoms with Gasteiger partial charge < -0.3 is 15.4 Å². The fourth-order valence-corrected chi connectivity index (χ4v) is 2.94. The SMILES string of the molecule is CCOc1ccc(NC(=O)c2nnn(CC(=O)NCc3ccccc3Cl)c2C)cc1. The number of hydrogen-bond donors (Lipinski definition) is 2. The molecule has 0 unspecified atom stereocenters. The second-order valence-corrected chi connectivity index (χ2v) is 6.87. The summed E-state index contributed by atoms with van der Waals surface area (Å²) >= 11 is 6.09. The maximum absolute atomic E-state index is 12.5. The van der Waals surface area contributed by atoms with Gasteiger partial charge >= 0.3 is 0 Å². The van der Waals surface area contributed by atoms with Gasteiger partial charge in [0.1, 0.15) is 12.3 Å². The summed E-state index contributed by atoms with van der Waals surface area (Å²) < 4.78 is 6.76. The van der Waals surface area contributed by atoms with Gasteiger partial charge in [0.05, 0.1) is 12.3 Å². The molecule has 2 aromatic carbocycles. The summed E-state index contributed by atoms with van der Waals surface area (Å²) in [7, 11) is 0. The first-order chi connectivity index (χ1) is 14.5. The summed E-state index contributed by atoms with van der Waals surface area (Å²) in [6, 6.07) is 14.3. The van der Waals surface area contributed by atoms with E-state index in [1.165, 1.54) is 4.68 Å². The molecule has 3 rings (SSSR count). The Balaban J connectivity index is 1.58. The first kappa shape index (κ1) is 21.3. The molecule has 1 heterocycles. The molecular formula is C21H22ClN5O3. The second kappa shape index (κ2) is 9.89. The van der Waals surface area contributed by atoms with Crippen molar-refractivity contribution in [3.8, 4) is 5.75 Å². The number of carbonyl (C=O) groups is 2. The monoisotopic (exact) mass is 427 g/mol. The number of carbonyl (C=O) groups excluding carboxylic acids is 2. The van der Waals surface area contributed by atoms with Crippen molar-refractivity contribution in [2.45, 2.75) is 26.9 Å². The molecule has 0 saturated carbocycles.